The van der Waals surface area contributed by atoms with Crippen LogP contribution in [0, 0.1) is 0 Å². The lowest BCUT2D eigenvalue weighted by Gasteiger charge is -2.21. The monoisotopic (exact) mass is 338 g/mol. The number of carbonyl (C=O) groups excluding carboxylic acids is 2. The first-order chi connectivity index (χ1) is 11.8. The second kappa shape index (κ2) is 7.97. The first-order valence-corrected chi connectivity index (χ1v) is 8.56. The molecule has 0 bridgehead atoms. The highest BCUT2D eigenvalue weighted by atomic mass is 16.2. The van der Waals surface area contributed by atoms with Crippen LogP contribution >= 0.6 is 0 Å². The van der Waals surface area contributed by atoms with Crippen molar-refractivity contribution in [2.75, 3.05) is 11.9 Å². The summed E-state index contributed by atoms with van der Waals surface area (Å²) in [4.78, 5) is 26.2. The van der Waals surface area contributed by atoms with Crippen molar-refractivity contribution in [3.05, 3.63) is 65.7 Å². The van der Waals surface area contributed by atoms with Gasteiger partial charge in [0, 0.05) is 18.8 Å². The van der Waals surface area contributed by atoms with Crippen LogP contribution in [0.3, 0.4) is 0 Å². The minimum atomic E-state index is -0.610. The minimum absolute atomic E-state index is 0.0487. The molecule has 4 heteroatoms. The molecule has 2 aromatic rings. The van der Waals surface area contributed by atoms with Gasteiger partial charge in [0.2, 0.25) is 0 Å². The Balaban J connectivity index is 2.02. The summed E-state index contributed by atoms with van der Waals surface area (Å²) < 4.78 is 0. The Kier molecular flexibility index (Phi) is 5.97. The zero-order valence-electron chi connectivity index (χ0n) is 15.4. The maximum Gasteiger partial charge on any atom is 0.313 e. The molecule has 2 rings (SSSR count). The second-order valence-electron chi connectivity index (χ2n) is 7.09. The zero-order valence-corrected chi connectivity index (χ0v) is 15.4. The van der Waals surface area contributed by atoms with Crippen LogP contribution in [-0.4, -0.2) is 23.3 Å². The third kappa shape index (κ3) is 5.18. The van der Waals surface area contributed by atoms with Gasteiger partial charge in [-0.1, -0.05) is 63.2 Å². The van der Waals surface area contributed by atoms with E-state index < -0.39 is 11.8 Å². The molecular formula is C21H26N2O2. The Hall–Kier alpha value is -2.62. The number of hydrogen-bond donors (Lipinski definition) is 1. The number of amides is 2. The van der Waals surface area contributed by atoms with Gasteiger partial charge in [0.05, 0.1) is 0 Å². The molecule has 0 aliphatic heterocycles. The maximum atomic E-state index is 12.4. The summed E-state index contributed by atoms with van der Waals surface area (Å²) >= 11 is 0. The van der Waals surface area contributed by atoms with Crippen LogP contribution in [-0.2, 0) is 21.5 Å². The maximum absolute atomic E-state index is 12.4. The number of rotatable bonds is 4. The number of nitrogens with one attached hydrogen (secondary N) is 1. The van der Waals surface area contributed by atoms with Crippen LogP contribution in [0.25, 0.3) is 0 Å². The number of anilines is 1. The number of hydrogen-bond acceptors (Lipinski definition) is 2. The van der Waals surface area contributed by atoms with Crippen LogP contribution in [0.5, 0.6) is 0 Å². The lowest BCUT2D eigenvalue weighted by atomic mass is 9.87. The molecular weight excluding hydrogens is 312 g/mol. The van der Waals surface area contributed by atoms with Crippen molar-refractivity contribution in [1.29, 1.82) is 0 Å². The van der Waals surface area contributed by atoms with Crippen molar-refractivity contribution in [3.63, 3.8) is 0 Å². The molecule has 0 atom stereocenters. The summed E-state index contributed by atoms with van der Waals surface area (Å²) in [5.74, 6) is -1.13. The quantitative estimate of drug-likeness (QED) is 0.858. The van der Waals surface area contributed by atoms with Gasteiger partial charge in [-0.15, -0.1) is 0 Å². The fourth-order valence-corrected chi connectivity index (χ4v) is 2.51. The molecule has 0 saturated carbocycles. The highest BCUT2D eigenvalue weighted by Gasteiger charge is 2.21. The molecule has 2 aromatic carbocycles. The lowest BCUT2D eigenvalue weighted by Crippen LogP contribution is -2.39. The summed E-state index contributed by atoms with van der Waals surface area (Å²) in [5, 5.41) is 2.69. The molecule has 0 aliphatic rings. The molecule has 0 saturated heterocycles. The van der Waals surface area contributed by atoms with Crippen molar-refractivity contribution in [2.45, 2.75) is 39.7 Å². The molecule has 0 unspecified atom stereocenters. The van der Waals surface area contributed by atoms with Gasteiger partial charge in [-0.2, -0.15) is 0 Å². The van der Waals surface area contributed by atoms with Crippen LogP contribution in [0.1, 0.15) is 38.8 Å². The van der Waals surface area contributed by atoms with Crippen LogP contribution in [0.4, 0.5) is 5.69 Å². The van der Waals surface area contributed by atoms with Crippen molar-refractivity contribution in [1.82, 2.24) is 4.90 Å². The van der Waals surface area contributed by atoms with Crippen molar-refractivity contribution >= 4 is 17.5 Å². The third-order valence-electron chi connectivity index (χ3n) is 4.09. The van der Waals surface area contributed by atoms with E-state index in [4.69, 9.17) is 0 Å². The Labute approximate surface area is 149 Å². The molecule has 1 N–H and O–H groups in total. The SMILES string of the molecule is CCN(Cc1ccccc1)C(=O)C(=O)Nc1ccc(C(C)(C)C)cc1. The van der Waals surface area contributed by atoms with Gasteiger partial charge in [-0.05, 0) is 35.6 Å². The van der Waals surface area contributed by atoms with E-state index in [2.05, 4.69) is 26.1 Å². The van der Waals surface area contributed by atoms with Gasteiger partial charge in [0.25, 0.3) is 0 Å². The first kappa shape index (κ1) is 18.7. The van der Waals surface area contributed by atoms with Gasteiger partial charge in [-0.25, -0.2) is 0 Å². The Bertz CT molecular complexity index is 716. The van der Waals surface area contributed by atoms with E-state index in [0.29, 0.717) is 18.8 Å². The predicted molar refractivity (Wildman–Crippen MR) is 101 cm³/mol. The topological polar surface area (TPSA) is 49.4 Å². The van der Waals surface area contributed by atoms with E-state index in [1.807, 2.05) is 61.5 Å². The van der Waals surface area contributed by atoms with E-state index in [1.165, 1.54) is 10.5 Å². The van der Waals surface area contributed by atoms with E-state index in [1.54, 1.807) is 0 Å². The molecule has 4 nitrogen and oxygen atoms in total. The minimum Gasteiger partial charge on any atom is -0.330 e. The van der Waals surface area contributed by atoms with E-state index in [0.717, 1.165) is 5.56 Å². The summed E-state index contributed by atoms with van der Waals surface area (Å²) in [6.45, 7) is 9.16. The van der Waals surface area contributed by atoms with Crippen molar-refractivity contribution < 1.29 is 9.59 Å². The fraction of sp³-hybridized carbons (Fsp3) is 0.333. The normalized spacial score (nSPS) is 11.0. The molecule has 2 amide bonds. The molecule has 0 aliphatic carbocycles. The Morgan fingerprint density at radius 3 is 2.08 bits per heavy atom. The summed E-state index contributed by atoms with van der Waals surface area (Å²) in [6, 6.07) is 17.3. The molecule has 0 heterocycles. The van der Waals surface area contributed by atoms with Crippen LogP contribution in [0.2, 0.25) is 0 Å². The van der Waals surface area contributed by atoms with Gasteiger partial charge >= 0.3 is 11.8 Å². The average molecular weight is 338 g/mol. The first-order valence-electron chi connectivity index (χ1n) is 8.56. The lowest BCUT2D eigenvalue weighted by molar-refractivity contribution is -0.143. The van der Waals surface area contributed by atoms with Crippen LogP contribution in [0.15, 0.2) is 54.6 Å². The average Bonchev–Trinajstić information content (AvgIpc) is 2.59. The van der Waals surface area contributed by atoms with Crippen LogP contribution < -0.4 is 5.32 Å². The largest absolute Gasteiger partial charge is 0.330 e. The zero-order chi connectivity index (χ0) is 18.4. The molecule has 132 valence electrons. The number of carbonyl (C=O) groups is 2. The number of likely N-dealkylation sites (N-methyl/N-ethyl adjacent to an activating group) is 1. The molecule has 0 fully saturated rings. The number of benzene rings is 2. The van der Waals surface area contributed by atoms with Gasteiger partial charge < -0.3 is 10.2 Å². The summed E-state index contributed by atoms with van der Waals surface area (Å²) in [5.41, 5.74) is 2.85. The molecule has 0 radical (unpaired) electrons. The standard InChI is InChI=1S/C21H26N2O2/c1-5-23(15-16-9-7-6-8-10-16)20(25)19(24)22-18-13-11-17(12-14-18)21(2,3)4/h6-14H,5,15H2,1-4H3,(H,22,24). The smallest absolute Gasteiger partial charge is 0.313 e. The van der Waals surface area contributed by atoms with Gasteiger partial charge in [0.1, 0.15) is 0 Å². The second-order valence-corrected chi connectivity index (χ2v) is 7.09. The highest BCUT2D eigenvalue weighted by molar-refractivity contribution is 6.39. The van der Waals surface area contributed by atoms with E-state index >= 15 is 0 Å². The Morgan fingerprint density at radius 2 is 1.56 bits per heavy atom. The molecule has 0 spiro atoms. The fourth-order valence-electron chi connectivity index (χ4n) is 2.51. The summed E-state index contributed by atoms with van der Waals surface area (Å²) in [6.07, 6.45) is 0. The number of nitrogens with zero attached hydrogens (tertiary/aromatic N) is 1. The van der Waals surface area contributed by atoms with E-state index in [-0.39, 0.29) is 5.41 Å². The van der Waals surface area contributed by atoms with E-state index in [9.17, 15) is 9.59 Å². The van der Waals surface area contributed by atoms with Crippen molar-refractivity contribution in [2.24, 2.45) is 0 Å². The Morgan fingerprint density at radius 1 is 0.960 bits per heavy atom. The highest BCUT2D eigenvalue weighted by Crippen LogP contribution is 2.23. The molecule has 0 aromatic heterocycles. The van der Waals surface area contributed by atoms with Crippen molar-refractivity contribution in [3.8, 4) is 0 Å². The predicted octanol–water partition coefficient (Wildman–Crippen LogP) is 3.97. The molecule has 25 heavy (non-hydrogen) atoms. The van der Waals surface area contributed by atoms with Gasteiger partial charge in [-0.3, -0.25) is 9.59 Å². The summed E-state index contributed by atoms with van der Waals surface area (Å²) in [7, 11) is 0. The third-order valence-corrected chi connectivity index (χ3v) is 4.09. The van der Waals surface area contributed by atoms with Gasteiger partial charge in [0.15, 0.2) is 0 Å².